The summed E-state index contributed by atoms with van der Waals surface area (Å²) < 4.78 is 0. The van der Waals surface area contributed by atoms with E-state index in [1.807, 2.05) is 0 Å². The van der Waals surface area contributed by atoms with Gasteiger partial charge in [-0.25, -0.2) is 0 Å². The molecule has 0 saturated carbocycles. The summed E-state index contributed by atoms with van der Waals surface area (Å²) >= 11 is 0. The monoisotopic (exact) mass is 218 g/mol. The molecule has 1 aliphatic rings. The first kappa shape index (κ1) is 11.6. The maximum atomic E-state index is 3.56. The third-order valence-electron chi connectivity index (χ3n) is 3.43. The van der Waals surface area contributed by atoms with Gasteiger partial charge in [-0.15, -0.1) is 0 Å². The Morgan fingerprint density at radius 2 is 2.25 bits per heavy atom. The van der Waals surface area contributed by atoms with Crippen LogP contribution in [0.25, 0.3) is 0 Å². The molecule has 0 radical (unpaired) electrons. The zero-order chi connectivity index (χ0) is 11.2. The van der Waals surface area contributed by atoms with E-state index in [4.69, 9.17) is 0 Å². The van der Waals surface area contributed by atoms with Gasteiger partial charge in [-0.3, -0.25) is 0 Å². The molecule has 88 valence electrons. The molecule has 0 bridgehead atoms. The quantitative estimate of drug-likeness (QED) is 0.736. The Labute approximate surface area is 98.4 Å². The van der Waals surface area contributed by atoms with E-state index in [-0.39, 0.29) is 0 Å². The van der Waals surface area contributed by atoms with Crippen molar-refractivity contribution in [2.75, 3.05) is 26.2 Å². The number of nitrogens with one attached hydrogen (secondary N) is 2. The van der Waals surface area contributed by atoms with Gasteiger partial charge >= 0.3 is 0 Å². The Kier molecular flexibility index (Phi) is 4.37. The minimum absolute atomic E-state index is 0.844. The van der Waals surface area contributed by atoms with Gasteiger partial charge in [-0.05, 0) is 63.0 Å². The van der Waals surface area contributed by atoms with Crippen molar-refractivity contribution in [2.24, 2.45) is 5.92 Å². The summed E-state index contributed by atoms with van der Waals surface area (Å²) in [5.74, 6) is 0.844. The van der Waals surface area contributed by atoms with E-state index in [0.29, 0.717) is 0 Å². The van der Waals surface area contributed by atoms with Crippen molar-refractivity contribution in [3.8, 4) is 0 Å². The van der Waals surface area contributed by atoms with Gasteiger partial charge in [0.1, 0.15) is 0 Å². The van der Waals surface area contributed by atoms with Crippen LogP contribution in [0, 0.1) is 12.8 Å². The third-order valence-corrected chi connectivity index (χ3v) is 3.43. The average molecular weight is 218 g/mol. The van der Waals surface area contributed by atoms with Crippen molar-refractivity contribution < 1.29 is 0 Å². The van der Waals surface area contributed by atoms with E-state index in [0.717, 1.165) is 18.9 Å². The van der Waals surface area contributed by atoms with Crippen LogP contribution in [0.1, 0.15) is 17.5 Å². The molecule has 2 N–H and O–H groups in total. The van der Waals surface area contributed by atoms with Crippen molar-refractivity contribution in [1.82, 2.24) is 10.6 Å². The van der Waals surface area contributed by atoms with E-state index in [1.54, 1.807) is 0 Å². The van der Waals surface area contributed by atoms with Gasteiger partial charge in [0.15, 0.2) is 0 Å². The summed E-state index contributed by atoms with van der Waals surface area (Å²) in [5.41, 5.74) is 2.88. The minimum atomic E-state index is 0.844. The van der Waals surface area contributed by atoms with Crippen LogP contribution < -0.4 is 10.6 Å². The van der Waals surface area contributed by atoms with Gasteiger partial charge in [0.05, 0.1) is 0 Å². The SMILES string of the molecule is Cc1ccccc1CCNCC1CCNC1. The zero-order valence-corrected chi connectivity index (χ0v) is 10.1. The van der Waals surface area contributed by atoms with Crippen LogP contribution in [0.15, 0.2) is 24.3 Å². The summed E-state index contributed by atoms with van der Waals surface area (Å²) in [4.78, 5) is 0. The molecule has 2 heteroatoms. The van der Waals surface area contributed by atoms with Crippen molar-refractivity contribution >= 4 is 0 Å². The van der Waals surface area contributed by atoms with Crippen molar-refractivity contribution in [1.29, 1.82) is 0 Å². The minimum Gasteiger partial charge on any atom is -0.316 e. The lowest BCUT2D eigenvalue weighted by Crippen LogP contribution is -2.26. The molecule has 0 amide bonds. The fourth-order valence-electron chi connectivity index (χ4n) is 2.31. The highest BCUT2D eigenvalue weighted by atomic mass is 14.9. The predicted octanol–water partition coefficient (Wildman–Crippen LogP) is 1.74. The fourth-order valence-corrected chi connectivity index (χ4v) is 2.31. The molecule has 1 aromatic rings. The largest absolute Gasteiger partial charge is 0.316 e. The first-order valence-electron chi connectivity index (χ1n) is 6.32. The van der Waals surface area contributed by atoms with E-state index < -0.39 is 0 Å². The first-order valence-corrected chi connectivity index (χ1v) is 6.32. The number of rotatable bonds is 5. The van der Waals surface area contributed by atoms with E-state index in [2.05, 4.69) is 41.8 Å². The number of benzene rings is 1. The van der Waals surface area contributed by atoms with Gasteiger partial charge < -0.3 is 10.6 Å². The molecule has 1 unspecified atom stereocenters. The van der Waals surface area contributed by atoms with Crippen LogP contribution in [0.3, 0.4) is 0 Å². The summed E-state index contributed by atoms with van der Waals surface area (Å²) in [5, 5.41) is 6.96. The molecule has 1 atom stereocenters. The highest BCUT2D eigenvalue weighted by Gasteiger charge is 2.12. The van der Waals surface area contributed by atoms with E-state index in [1.165, 1.54) is 37.2 Å². The van der Waals surface area contributed by atoms with E-state index in [9.17, 15) is 0 Å². The summed E-state index contributed by atoms with van der Waals surface area (Å²) in [6, 6.07) is 8.66. The third kappa shape index (κ3) is 3.32. The second kappa shape index (κ2) is 6.02. The molecule has 0 spiro atoms. The van der Waals surface area contributed by atoms with Gasteiger partial charge in [0.2, 0.25) is 0 Å². The Hall–Kier alpha value is -0.860. The Bertz CT molecular complexity index is 316. The Balaban J connectivity index is 1.66. The molecule has 2 nitrogen and oxygen atoms in total. The van der Waals surface area contributed by atoms with Crippen LogP contribution in [-0.4, -0.2) is 26.2 Å². The Morgan fingerprint density at radius 1 is 1.38 bits per heavy atom. The lowest BCUT2D eigenvalue weighted by molar-refractivity contribution is 0.515. The second-order valence-electron chi connectivity index (χ2n) is 4.74. The van der Waals surface area contributed by atoms with Crippen molar-refractivity contribution in [3.63, 3.8) is 0 Å². The molecule has 0 aliphatic carbocycles. The van der Waals surface area contributed by atoms with Gasteiger partial charge in [0, 0.05) is 0 Å². The maximum Gasteiger partial charge on any atom is -0.000777 e. The second-order valence-corrected chi connectivity index (χ2v) is 4.74. The van der Waals surface area contributed by atoms with Crippen LogP contribution in [0.4, 0.5) is 0 Å². The smallest absolute Gasteiger partial charge is 0.000777 e. The van der Waals surface area contributed by atoms with Crippen LogP contribution in [-0.2, 0) is 6.42 Å². The molecular formula is C14H22N2. The average Bonchev–Trinajstić information content (AvgIpc) is 2.79. The molecular weight excluding hydrogens is 196 g/mol. The van der Waals surface area contributed by atoms with Crippen molar-refractivity contribution in [3.05, 3.63) is 35.4 Å². The van der Waals surface area contributed by atoms with Crippen molar-refractivity contribution in [2.45, 2.75) is 19.8 Å². The maximum absolute atomic E-state index is 3.56. The molecule has 16 heavy (non-hydrogen) atoms. The van der Waals surface area contributed by atoms with Crippen LogP contribution in [0.2, 0.25) is 0 Å². The standard InChI is InChI=1S/C14H22N2/c1-12-4-2-3-5-14(12)7-9-16-11-13-6-8-15-10-13/h2-5,13,15-16H,6-11H2,1H3. The molecule has 1 heterocycles. The van der Waals surface area contributed by atoms with Crippen LogP contribution >= 0.6 is 0 Å². The van der Waals surface area contributed by atoms with Crippen LogP contribution in [0.5, 0.6) is 0 Å². The molecule has 1 aromatic carbocycles. The van der Waals surface area contributed by atoms with E-state index >= 15 is 0 Å². The number of aryl methyl sites for hydroxylation is 1. The fraction of sp³-hybridized carbons (Fsp3) is 0.571. The Morgan fingerprint density at radius 3 is 3.00 bits per heavy atom. The summed E-state index contributed by atoms with van der Waals surface area (Å²) in [7, 11) is 0. The van der Waals surface area contributed by atoms with Gasteiger partial charge in [-0.1, -0.05) is 24.3 Å². The van der Waals surface area contributed by atoms with Gasteiger partial charge in [0.25, 0.3) is 0 Å². The molecule has 2 rings (SSSR count). The topological polar surface area (TPSA) is 24.1 Å². The number of hydrogen-bond donors (Lipinski definition) is 2. The summed E-state index contributed by atoms with van der Waals surface area (Å²) in [6.07, 6.45) is 2.48. The zero-order valence-electron chi connectivity index (χ0n) is 10.1. The molecule has 1 aliphatic heterocycles. The predicted molar refractivity (Wildman–Crippen MR) is 68.7 cm³/mol. The highest BCUT2D eigenvalue weighted by Crippen LogP contribution is 2.08. The molecule has 1 fully saturated rings. The normalized spacial score (nSPS) is 20.2. The summed E-state index contributed by atoms with van der Waals surface area (Å²) in [6.45, 7) is 6.85. The molecule has 0 aromatic heterocycles. The number of hydrogen-bond acceptors (Lipinski definition) is 2. The molecule has 1 saturated heterocycles. The first-order chi connectivity index (χ1) is 7.86. The highest BCUT2D eigenvalue weighted by molar-refractivity contribution is 5.25. The lowest BCUT2D eigenvalue weighted by atomic mass is 10.1. The van der Waals surface area contributed by atoms with Gasteiger partial charge in [-0.2, -0.15) is 0 Å². The lowest BCUT2D eigenvalue weighted by Gasteiger charge is -2.10.